The molecule has 3 rings (SSSR count). The van der Waals surface area contributed by atoms with Gasteiger partial charge in [-0.3, -0.25) is 9.82 Å². The van der Waals surface area contributed by atoms with Crippen LogP contribution in [-0.4, -0.2) is 28.6 Å². The third-order valence-electron chi connectivity index (χ3n) is 2.66. The van der Waals surface area contributed by atoms with E-state index in [0.717, 1.165) is 10.9 Å². The summed E-state index contributed by atoms with van der Waals surface area (Å²) in [5.41, 5.74) is 1.23. The number of nitrogens with zero attached hydrogens (tertiary/aromatic N) is 2. The van der Waals surface area contributed by atoms with Gasteiger partial charge in [-0.1, -0.05) is 0 Å². The van der Waals surface area contributed by atoms with Gasteiger partial charge in [0.15, 0.2) is 5.03 Å². The number of hydrogen-bond donors (Lipinski definition) is 3. The number of aromatic nitrogens is 4. The van der Waals surface area contributed by atoms with Crippen LogP contribution in [0, 0.1) is 6.92 Å². The summed E-state index contributed by atoms with van der Waals surface area (Å²) in [6, 6.07) is 5.15. The molecular formula is C11H11N5O2S. The number of sulfonamides is 1. The maximum atomic E-state index is 12.1. The Morgan fingerprint density at radius 3 is 2.84 bits per heavy atom. The van der Waals surface area contributed by atoms with Gasteiger partial charge >= 0.3 is 0 Å². The molecule has 0 aliphatic heterocycles. The Kier molecular flexibility index (Phi) is 2.53. The summed E-state index contributed by atoms with van der Waals surface area (Å²) in [6.45, 7) is 1.69. The van der Waals surface area contributed by atoms with Crippen molar-refractivity contribution in [2.75, 3.05) is 4.72 Å². The molecule has 0 saturated carbocycles. The molecule has 98 valence electrons. The molecule has 0 fully saturated rings. The van der Waals surface area contributed by atoms with E-state index in [0.29, 0.717) is 11.5 Å². The number of aromatic amines is 2. The molecule has 8 heteroatoms. The molecule has 3 aromatic rings. The van der Waals surface area contributed by atoms with Crippen LogP contribution in [0.3, 0.4) is 0 Å². The Balaban J connectivity index is 1.95. The molecule has 0 aliphatic rings. The van der Waals surface area contributed by atoms with Crippen LogP contribution in [0.1, 0.15) is 5.82 Å². The third-order valence-corrected chi connectivity index (χ3v) is 3.95. The van der Waals surface area contributed by atoms with E-state index >= 15 is 0 Å². The lowest BCUT2D eigenvalue weighted by Gasteiger charge is -2.05. The molecule has 0 aliphatic carbocycles. The number of fused-ring (bicyclic) bond motifs is 1. The average Bonchev–Trinajstić information content (AvgIpc) is 2.96. The molecule has 3 N–H and O–H groups in total. The number of H-pyrrole nitrogens is 2. The van der Waals surface area contributed by atoms with E-state index in [1.165, 1.54) is 6.20 Å². The zero-order valence-corrected chi connectivity index (χ0v) is 10.8. The fraction of sp³-hybridized carbons (Fsp3) is 0.0909. The minimum absolute atomic E-state index is 0.0368. The number of imidazole rings is 1. The number of aryl methyl sites for hydroxylation is 1. The van der Waals surface area contributed by atoms with Crippen LogP contribution >= 0.6 is 0 Å². The fourth-order valence-corrected chi connectivity index (χ4v) is 2.77. The quantitative estimate of drug-likeness (QED) is 0.673. The van der Waals surface area contributed by atoms with E-state index < -0.39 is 10.0 Å². The standard InChI is InChI=1S/C11H11N5O2S/c1-7-12-6-11(14-7)19(17,18)16-9-3-2-8-5-13-15-10(8)4-9/h2-6,16H,1H3,(H,12,14)(H,13,15). The van der Waals surface area contributed by atoms with Crippen molar-refractivity contribution in [1.29, 1.82) is 0 Å². The summed E-state index contributed by atoms with van der Waals surface area (Å²) in [7, 11) is -3.65. The second-order valence-electron chi connectivity index (χ2n) is 4.11. The van der Waals surface area contributed by atoms with E-state index in [2.05, 4.69) is 24.9 Å². The molecule has 0 saturated heterocycles. The Hall–Kier alpha value is -2.35. The van der Waals surface area contributed by atoms with Crippen molar-refractivity contribution < 1.29 is 8.42 Å². The molecule has 2 aromatic heterocycles. The van der Waals surface area contributed by atoms with Crippen molar-refractivity contribution in [3.8, 4) is 0 Å². The molecule has 0 amide bonds. The highest BCUT2D eigenvalue weighted by molar-refractivity contribution is 7.92. The van der Waals surface area contributed by atoms with E-state index in [9.17, 15) is 8.42 Å². The number of anilines is 1. The maximum absolute atomic E-state index is 12.1. The number of rotatable bonds is 3. The summed E-state index contributed by atoms with van der Waals surface area (Å²) in [6.07, 6.45) is 2.96. The van der Waals surface area contributed by atoms with Crippen molar-refractivity contribution in [1.82, 2.24) is 20.2 Å². The Morgan fingerprint density at radius 1 is 1.26 bits per heavy atom. The lowest BCUT2D eigenvalue weighted by Crippen LogP contribution is -2.13. The van der Waals surface area contributed by atoms with Crippen LogP contribution in [0.4, 0.5) is 5.69 Å². The molecule has 0 radical (unpaired) electrons. The van der Waals surface area contributed by atoms with Crippen molar-refractivity contribution in [2.45, 2.75) is 11.9 Å². The smallest absolute Gasteiger partial charge is 0.278 e. The molecule has 1 aromatic carbocycles. The first-order valence-corrected chi connectivity index (χ1v) is 7.00. The molecule has 0 unspecified atom stereocenters. The van der Waals surface area contributed by atoms with Crippen molar-refractivity contribution >= 4 is 26.6 Å². The minimum atomic E-state index is -3.65. The van der Waals surface area contributed by atoms with E-state index in [1.807, 2.05) is 0 Å². The fourth-order valence-electron chi connectivity index (χ4n) is 1.75. The topological polar surface area (TPSA) is 104 Å². The summed E-state index contributed by atoms with van der Waals surface area (Å²) in [5, 5.41) is 7.62. The Morgan fingerprint density at radius 2 is 2.11 bits per heavy atom. The van der Waals surface area contributed by atoms with Gasteiger partial charge in [0.05, 0.1) is 23.6 Å². The zero-order chi connectivity index (χ0) is 13.5. The Labute approximate surface area is 109 Å². The van der Waals surface area contributed by atoms with Crippen LogP contribution in [0.2, 0.25) is 0 Å². The van der Waals surface area contributed by atoms with Gasteiger partial charge in [0.1, 0.15) is 5.82 Å². The van der Waals surface area contributed by atoms with Gasteiger partial charge < -0.3 is 4.98 Å². The Bertz CT molecular complexity index is 834. The van der Waals surface area contributed by atoms with Gasteiger partial charge in [0, 0.05) is 5.39 Å². The first kappa shape index (κ1) is 11.7. The molecular weight excluding hydrogens is 266 g/mol. The molecule has 7 nitrogen and oxygen atoms in total. The van der Waals surface area contributed by atoms with Crippen molar-refractivity contribution in [2.24, 2.45) is 0 Å². The van der Waals surface area contributed by atoms with Gasteiger partial charge in [0.2, 0.25) is 0 Å². The monoisotopic (exact) mass is 277 g/mol. The van der Waals surface area contributed by atoms with Gasteiger partial charge in [0.25, 0.3) is 10.0 Å². The first-order valence-electron chi connectivity index (χ1n) is 5.52. The van der Waals surface area contributed by atoms with Crippen LogP contribution in [-0.2, 0) is 10.0 Å². The number of nitrogens with one attached hydrogen (secondary N) is 3. The molecule has 0 bridgehead atoms. The van der Waals surface area contributed by atoms with Crippen molar-refractivity contribution in [3.05, 3.63) is 36.4 Å². The summed E-state index contributed by atoms with van der Waals surface area (Å²) < 4.78 is 26.6. The van der Waals surface area contributed by atoms with Gasteiger partial charge in [-0.2, -0.15) is 13.5 Å². The second kappa shape index (κ2) is 4.09. The predicted octanol–water partition coefficient (Wildman–Crippen LogP) is 1.40. The SMILES string of the molecule is Cc1ncc(S(=O)(=O)Nc2ccc3cn[nH]c3c2)[nH]1. The largest absolute Gasteiger partial charge is 0.332 e. The van der Waals surface area contributed by atoms with E-state index in [-0.39, 0.29) is 5.03 Å². The van der Waals surface area contributed by atoms with E-state index in [4.69, 9.17) is 0 Å². The zero-order valence-electron chi connectivity index (χ0n) is 10.0. The third kappa shape index (κ3) is 2.17. The summed E-state index contributed by atoms with van der Waals surface area (Å²) >= 11 is 0. The van der Waals surface area contributed by atoms with Gasteiger partial charge in [-0.25, -0.2) is 4.98 Å². The molecule has 2 heterocycles. The highest BCUT2D eigenvalue weighted by Crippen LogP contribution is 2.19. The lowest BCUT2D eigenvalue weighted by atomic mass is 10.2. The molecule has 19 heavy (non-hydrogen) atoms. The van der Waals surface area contributed by atoms with Gasteiger partial charge in [-0.05, 0) is 25.1 Å². The van der Waals surface area contributed by atoms with Crippen molar-refractivity contribution in [3.63, 3.8) is 0 Å². The normalized spacial score (nSPS) is 11.8. The summed E-state index contributed by atoms with van der Waals surface area (Å²) in [4.78, 5) is 6.56. The van der Waals surface area contributed by atoms with Crippen LogP contribution in [0.5, 0.6) is 0 Å². The minimum Gasteiger partial charge on any atom is -0.332 e. The summed E-state index contributed by atoms with van der Waals surface area (Å²) in [5.74, 6) is 0.546. The van der Waals surface area contributed by atoms with Crippen LogP contribution in [0.25, 0.3) is 10.9 Å². The average molecular weight is 277 g/mol. The predicted molar refractivity (Wildman–Crippen MR) is 70.2 cm³/mol. The highest BCUT2D eigenvalue weighted by atomic mass is 32.2. The highest BCUT2D eigenvalue weighted by Gasteiger charge is 2.16. The number of hydrogen-bond acceptors (Lipinski definition) is 4. The number of benzene rings is 1. The van der Waals surface area contributed by atoms with Crippen LogP contribution in [0.15, 0.2) is 35.6 Å². The lowest BCUT2D eigenvalue weighted by molar-refractivity contribution is 0.598. The van der Waals surface area contributed by atoms with E-state index in [1.54, 1.807) is 31.3 Å². The van der Waals surface area contributed by atoms with Gasteiger partial charge in [-0.15, -0.1) is 0 Å². The maximum Gasteiger partial charge on any atom is 0.278 e. The second-order valence-corrected chi connectivity index (χ2v) is 5.76. The van der Waals surface area contributed by atoms with Crippen LogP contribution < -0.4 is 4.72 Å². The molecule has 0 spiro atoms. The molecule has 0 atom stereocenters. The first-order chi connectivity index (χ1) is 9.04.